The standard InChI is InChI=1S/C13H16F3NO2S/c1-17-12(10-5-6-20(18,19)8-10)9-3-2-4-11(7-9)13(14,15)16/h2-4,7,10,12,17H,5-6,8H2,1H3. The van der Waals surface area contributed by atoms with Crippen molar-refractivity contribution in [2.24, 2.45) is 5.92 Å². The summed E-state index contributed by atoms with van der Waals surface area (Å²) >= 11 is 0. The van der Waals surface area contributed by atoms with Crippen LogP contribution in [-0.2, 0) is 16.0 Å². The van der Waals surface area contributed by atoms with E-state index in [2.05, 4.69) is 5.32 Å². The number of sulfone groups is 1. The summed E-state index contributed by atoms with van der Waals surface area (Å²) in [5.41, 5.74) is -0.236. The van der Waals surface area contributed by atoms with E-state index in [-0.39, 0.29) is 23.5 Å². The highest BCUT2D eigenvalue weighted by Crippen LogP contribution is 2.35. The third kappa shape index (κ3) is 3.32. The van der Waals surface area contributed by atoms with Crippen molar-refractivity contribution < 1.29 is 21.6 Å². The van der Waals surface area contributed by atoms with Crippen LogP contribution < -0.4 is 5.32 Å². The third-order valence-corrected chi connectivity index (χ3v) is 5.42. The van der Waals surface area contributed by atoms with Crippen molar-refractivity contribution in [3.63, 3.8) is 0 Å². The highest BCUT2D eigenvalue weighted by Gasteiger charge is 2.35. The monoisotopic (exact) mass is 307 g/mol. The van der Waals surface area contributed by atoms with Crippen LogP contribution in [0.4, 0.5) is 13.2 Å². The quantitative estimate of drug-likeness (QED) is 0.933. The molecule has 0 radical (unpaired) electrons. The largest absolute Gasteiger partial charge is 0.416 e. The van der Waals surface area contributed by atoms with E-state index < -0.39 is 21.6 Å². The Morgan fingerprint density at radius 1 is 1.35 bits per heavy atom. The molecule has 112 valence electrons. The summed E-state index contributed by atoms with van der Waals surface area (Å²) in [5.74, 6) is -0.0581. The molecular weight excluding hydrogens is 291 g/mol. The van der Waals surface area contributed by atoms with E-state index in [1.54, 1.807) is 13.1 Å². The fourth-order valence-electron chi connectivity index (χ4n) is 2.67. The molecule has 20 heavy (non-hydrogen) atoms. The van der Waals surface area contributed by atoms with E-state index in [1.807, 2.05) is 0 Å². The summed E-state index contributed by atoms with van der Waals surface area (Å²) in [7, 11) is -1.42. The van der Waals surface area contributed by atoms with Gasteiger partial charge >= 0.3 is 6.18 Å². The molecular formula is C13H16F3NO2S. The molecule has 1 aromatic carbocycles. The predicted molar refractivity (Wildman–Crippen MR) is 70.0 cm³/mol. The third-order valence-electron chi connectivity index (χ3n) is 3.62. The number of benzene rings is 1. The Balaban J connectivity index is 2.29. The highest BCUT2D eigenvalue weighted by molar-refractivity contribution is 7.91. The molecule has 2 atom stereocenters. The molecule has 3 nitrogen and oxygen atoms in total. The lowest BCUT2D eigenvalue weighted by molar-refractivity contribution is -0.137. The van der Waals surface area contributed by atoms with Gasteiger partial charge in [0.1, 0.15) is 0 Å². The second-order valence-corrected chi connectivity index (χ2v) is 7.28. The average Bonchev–Trinajstić information content (AvgIpc) is 2.70. The second kappa shape index (κ2) is 5.37. The Kier molecular flexibility index (Phi) is 4.11. The van der Waals surface area contributed by atoms with Crippen molar-refractivity contribution in [2.75, 3.05) is 18.6 Å². The molecule has 0 spiro atoms. The predicted octanol–water partition coefficient (Wildman–Crippen LogP) is 2.40. The average molecular weight is 307 g/mol. The van der Waals surface area contributed by atoms with Crippen LogP contribution in [0.2, 0.25) is 0 Å². The van der Waals surface area contributed by atoms with Crippen LogP contribution in [0, 0.1) is 5.92 Å². The van der Waals surface area contributed by atoms with Gasteiger partial charge in [0.15, 0.2) is 9.84 Å². The van der Waals surface area contributed by atoms with Crippen LogP contribution >= 0.6 is 0 Å². The maximum atomic E-state index is 12.7. The summed E-state index contributed by atoms with van der Waals surface area (Å²) in [4.78, 5) is 0. The molecule has 0 aromatic heterocycles. The lowest BCUT2D eigenvalue weighted by Crippen LogP contribution is -2.26. The Morgan fingerprint density at radius 2 is 2.05 bits per heavy atom. The molecule has 2 unspecified atom stereocenters. The minimum Gasteiger partial charge on any atom is -0.313 e. The number of nitrogens with one attached hydrogen (secondary N) is 1. The SMILES string of the molecule is CNC(c1cccc(C(F)(F)F)c1)C1CCS(=O)(=O)C1. The highest BCUT2D eigenvalue weighted by atomic mass is 32.2. The maximum absolute atomic E-state index is 12.7. The fourth-order valence-corrected chi connectivity index (χ4v) is 4.51. The zero-order chi connectivity index (χ0) is 15.0. The van der Waals surface area contributed by atoms with Gasteiger partial charge in [0.2, 0.25) is 0 Å². The van der Waals surface area contributed by atoms with E-state index >= 15 is 0 Å². The first-order valence-electron chi connectivity index (χ1n) is 6.28. The van der Waals surface area contributed by atoms with Gasteiger partial charge in [-0.2, -0.15) is 13.2 Å². The molecule has 0 amide bonds. The number of hydrogen-bond donors (Lipinski definition) is 1. The number of halogens is 3. The van der Waals surface area contributed by atoms with E-state index in [9.17, 15) is 21.6 Å². The van der Waals surface area contributed by atoms with Crippen LogP contribution in [0.5, 0.6) is 0 Å². The summed E-state index contributed by atoms with van der Waals surface area (Å²) in [5, 5.41) is 2.94. The zero-order valence-corrected chi connectivity index (χ0v) is 11.8. The molecule has 7 heteroatoms. The van der Waals surface area contributed by atoms with Crippen LogP contribution in [0.25, 0.3) is 0 Å². The van der Waals surface area contributed by atoms with E-state index in [0.717, 1.165) is 12.1 Å². The lowest BCUT2D eigenvalue weighted by atomic mass is 9.91. The number of alkyl halides is 3. The second-order valence-electron chi connectivity index (χ2n) is 5.05. The summed E-state index contributed by atoms with van der Waals surface area (Å²) in [6, 6.07) is 4.68. The molecule has 1 heterocycles. The van der Waals surface area contributed by atoms with Crippen molar-refractivity contribution in [3.8, 4) is 0 Å². The Morgan fingerprint density at radius 3 is 2.55 bits per heavy atom. The molecule has 1 saturated heterocycles. The first-order valence-corrected chi connectivity index (χ1v) is 8.10. The first-order chi connectivity index (χ1) is 9.23. The number of hydrogen-bond acceptors (Lipinski definition) is 3. The summed E-state index contributed by atoms with van der Waals surface area (Å²) in [6.45, 7) is 0. The van der Waals surface area contributed by atoms with Gasteiger partial charge in [0, 0.05) is 6.04 Å². The molecule has 1 aliphatic heterocycles. The van der Waals surface area contributed by atoms with E-state index in [0.29, 0.717) is 12.0 Å². The number of rotatable bonds is 3. The molecule has 0 bridgehead atoms. The van der Waals surface area contributed by atoms with Crippen molar-refractivity contribution in [2.45, 2.75) is 18.6 Å². The Hall–Kier alpha value is -1.08. The van der Waals surface area contributed by atoms with E-state index in [4.69, 9.17) is 0 Å². The van der Waals surface area contributed by atoms with Crippen LogP contribution in [0.3, 0.4) is 0 Å². The molecule has 1 aromatic rings. The smallest absolute Gasteiger partial charge is 0.313 e. The zero-order valence-electron chi connectivity index (χ0n) is 10.9. The van der Waals surface area contributed by atoms with Gasteiger partial charge in [0.05, 0.1) is 17.1 Å². The minimum absolute atomic E-state index is 0.0226. The van der Waals surface area contributed by atoms with Crippen molar-refractivity contribution >= 4 is 9.84 Å². The molecule has 2 rings (SSSR count). The lowest BCUT2D eigenvalue weighted by Gasteiger charge is -2.23. The van der Waals surface area contributed by atoms with Crippen LogP contribution in [0.15, 0.2) is 24.3 Å². The van der Waals surface area contributed by atoms with Gasteiger partial charge < -0.3 is 5.32 Å². The fraction of sp³-hybridized carbons (Fsp3) is 0.538. The van der Waals surface area contributed by atoms with Crippen molar-refractivity contribution in [1.82, 2.24) is 5.32 Å². The maximum Gasteiger partial charge on any atom is 0.416 e. The summed E-state index contributed by atoms with van der Waals surface area (Å²) in [6.07, 6.45) is -3.92. The molecule has 0 saturated carbocycles. The van der Waals surface area contributed by atoms with Crippen molar-refractivity contribution in [1.29, 1.82) is 0 Å². The van der Waals surface area contributed by atoms with Gasteiger partial charge in [-0.25, -0.2) is 8.42 Å². The van der Waals surface area contributed by atoms with Crippen LogP contribution in [-0.4, -0.2) is 27.0 Å². The van der Waals surface area contributed by atoms with E-state index in [1.165, 1.54) is 6.07 Å². The van der Waals surface area contributed by atoms with Gasteiger partial charge in [-0.15, -0.1) is 0 Å². The normalized spacial score (nSPS) is 23.7. The van der Waals surface area contributed by atoms with Crippen LogP contribution in [0.1, 0.15) is 23.6 Å². The van der Waals surface area contributed by atoms with Gasteiger partial charge in [-0.1, -0.05) is 12.1 Å². The summed E-state index contributed by atoms with van der Waals surface area (Å²) < 4.78 is 61.2. The Labute approximate surface area is 116 Å². The van der Waals surface area contributed by atoms with Crippen molar-refractivity contribution in [3.05, 3.63) is 35.4 Å². The van der Waals surface area contributed by atoms with Gasteiger partial charge in [-0.3, -0.25) is 0 Å². The molecule has 0 aliphatic carbocycles. The van der Waals surface area contributed by atoms with Gasteiger partial charge in [-0.05, 0) is 37.1 Å². The molecule has 1 aliphatic rings. The van der Waals surface area contributed by atoms with Gasteiger partial charge in [0.25, 0.3) is 0 Å². The minimum atomic E-state index is -4.39. The topological polar surface area (TPSA) is 46.2 Å². The molecule has 1 N–H and O–H groups in total. The molecule has 1 fully saturated rings. The Bertz CT molecular complexity index is 584. The first kappa shape index (κ1) is 15.3.